The van der Waals surface area contributed by atoms with E-state index in [1.807, 2.05) is 30.5 Å². The molecule has 0 spiro atoms. The van der Waals surface area contributed by atoms with Crippen LogP contribution in [0.2, 0.25) is 0 Å². The van der Waals surface area contributed by atoms with Gasteiger partial charge in [0, 0.05) is 24.0 Å². The Hall–Kier alpha value is -1.52. The molecule has 2 atom stereocenters. The molecule has 0 saturated carbocycles. The highest BCUT2D eigenvalue weighted by atomic mass is 32.1. The van der Waals surface area contributed by atoms with Crippen molar-refractivity contribution < 1.29 is 14.6 Å². The van der Waals surface area contributed by atoms with E-state index in [-0.39, 0.29) is 6.10 Å². The fraction of sp³-hybridized carbons (Fsp3) is 0.412. The number of aliphatic hydroxyl groups excluding tert-OH is 1. The molecule has 1 aliphatic heterocycles. The highest BCUT2D eigenvalue weighted by Crippen LogP contribution is 2.38. The Balaban J connectivity index is 1.90. The molecule has 0 aliphatic carbocycles. The van der Waals surface area contributed by atoms with E-state index in [0.29, 0.717) is 13.0 Å². The van der Waals surface area contributed by atoms with Gasteiger partial charge in [0.2, 0.25) is 0 Å². The Morgan fingerprint density at radius 2 is 2.33 bits per heavy atom. The third-order valence-corrected chi connectivity index (χ3v) is 4.43. The molecule has 4 heteroatoms. The van der Waals surface area contributed by atoms with Gasteiger partial charge in [-0.2, -0.15) is 11.3 Å². The number of ether oxygens (including phenoxy) is 2. The van der Waals surface area contributed by atoms with E-state index in [2.05, 4.69) is 12.3 Å². The fourth-order valence-electron chi connectivity index (χ4n) is 2.74. The number of thiophene rings is 1. The number of aliphatic hydroxyl groups is 1. The summed E-state index contributed by atoms with van der Waals surface area (Å²) in [5.74, 6) is 1.65. The number of benzene rings is 1. The normalized spacial score (nSPS) is 18.1. The Morgan fingerprint density at radius 3 is 3.05 bits per heavy atom. The summed E-state index contributed by atoms with van der Waals surface area (Å²) in [6, 6.07) is 6.01. The molecule has 0 saturated heterocycles. The van der Waals surface area contributed by atoms with Crippen molar-refractivity contribution in [1.82, 2.24) is 0 Å². The van der Waals surface area contributed by atoms with Gasteiger partial charge in [-0.1, -0.05) is 0 Å². The van der Waals surface area contributed by atoms with E-state index < -0.39 is 6.10 Å². The summed E-state index contributed by atoms with van der Waals surface area (Å²) in [4.78, 5) is 0. The molecule has 112 valence electrons. The minimum atomic E-state index is -0.578. The average Bonchev–Trinajstić information content (AvgIpc) is 3.06. The molecule has 2 unspecified atom stereocenters. The monoisotopic (exact) mass is 304 g/mol. The van der Waals surface area contributed by atoms with Gasteiger partial charge in [0.1, 0.15) is 17.6 Å². The highest BCUT2D eigenvalue weighted by Gasteiger charge is 2.24. The lowest BCUT2D eigenvalue weighted by Crippen LogP contribution is -2.06. The maximum Gasteiger partial charge on any atom is 0.125 e. The summed E-state index contributed by atoms with van der Waals surface area (Å²) < 4.78 is 11.5. The van der Waals surface area contributed by atoms with Gasteiger partial charge in [-0.25, -0.2) is 0 Å². The van der Waals surface area contributed by atoms with Gasteiger partial charge < -0.3 is 14.6 Å². The molecule has 0 amide bonds. The summed E-state index contributed by atoms with van der Waals surface area (Å²) in [6.45, 7) is 4.61. The van der Waals surface area contributed by atoms with Crippen LogP contribution in [0.4, 0.5) is 0 Å². The zero-order valence-corrected chi connectivity index (χ0v) is 13.2. The number of hydrogen-bond acceptors (Lipinski definition) is 4. The summed E-state index contributed by atoms with van der Waals surface area (Å²) in [5.41, 5.74) is 3.12. The van der Waals surface area contributed by atoms with Crippen LogP contribution in [-0.4, -0.2) is 17.8 Å². The van der Waals surface area contributed by atoms with Gasteiger partial charge in [0.25, 0.3) is 0 Å². The van der Waals surface area contributed by atoms with Crippen LogP contribution in [0.1, 0.15) is 36.6 Å². The molecule has 21 heavy (non-hydrogen) atoms. The predicted molar refractivity (Wildman–Crippen MR) is 84.4 cm³/mol. The van der Waals surface area contributed by atoms with E-state index >= 15 is 0 Å². The second-order valence-corrected chi connectivity index (χ2v) is 6.19. The molecular formula is C17H20O3S. The van der Waals surface area contributed by atoms with Crippen LogP contribution in [0.5, 0.6) is 11.5 Å². The van der Waals surface area contributed by atoms with E-state index in [4.69, 9.17) is 9.47 Å². The summed E-state index contributed by atoms with van der Waals surface area (Å²) in [7, 11) is 0. The third-order valence-electron chi connectivity index (χ3n) is 3.70. The van der Waals surface area contributed by atoms with Crippen LogP contribution in [0.3, 0.4) is 0 Å². The first-order valence-corrected chi connectivity index (χ1v) is 8.27. The first-order chi connectivity index (χ1) is 10.2. The summed E-state index contributed by atoms with van der Waals surface area (Å²) in [5, 5.41) is 14.7. The summed E-state index contributed by atoms with van der Waals surface area (Å²) >= 11 is 1.64. The van der Waals surface area contributed by atoms with Crippen LogP contribution < -0.4 is 9.47 Å². The molecule has 1 aromatic carbocycles. The SMILES string of the molecule is CCOc1cc2c(cc1C(O)Cc1ccsc1)OC(C)C2. The van der Waals surface area contributed by atoms with Crippen molar-refractivity contribution in [2.24, 2.45) is 0 Å². The topological polar surface area (TPSA) is 38.7 Å². The Labute approximate surface area is 129 Å². The van der Waals surface area contributed by atoms with Gasteiger partial charge in [0.15, 0.2) is 0 Å². The second kappa shape index (κ2) is 6.08. The van der Waals surface area contributed by atoms with Crippen molar-refractivity contribution in [3.8, 4) is 11.5 Å². The number of rotatable bonds is 5. The molecule has 2 aromatic rings. The van der Waals surface area contributed by atoms with Gasteiger partial charge in [-0.3, -0.25) is 0 Å². The van der Waals surface area contributed by atoms with Crippen LogP contribution in [0, 0.1) is 0 Å². The first kappa shape index (κ1) is 14.4. The molecular weight excluding hydrogens is 284 g/mol. The minimum absolute atomic E-state index is 0.193. The smallest absolute Gasteiger partial charge is 0.125 e. The lowest BCUT2D eigenvalue weighted by molar-refractivity contribution is 0.171. The maximum atomic E-state index is 10.6. The summed E-state index contributed by atoms with van der Waals surface area (Å²) in [6.07, 6.45) is 1.11. The molecule has 0 fully saturated rings. The van der Waals surface area contributed by atoms with Crippen molar-refractivity contribution in [3.05, 3.63) is 45.6 Å². The van der Waals surface area contributed by atoms with Gasteiger partial charge in [-0.05, 0) is 48.4 Å². The van der Waals surface area contributed by atoms with Crippen molar-refractivity contribution in [3.63, 3.8) is 0 Å². The van der Waals surface area contributed by atoms with E-state index in [1.54, 1.807) is 11.3 Å². The van der Waals surface area contributed by atoms with Crippen molar-refractivity contribution in [1.29, 1.82) is 0 Å². The van der Waals surface area contributed by atoms with Crippen molar-refractivity contribution in [2.45, 2.75) is 38.9 Å². The van der Waals surface area contributed by atoms with Gasteiger partial charge in [0.05, 0.1) is 12.7 Å². The average molecular weight is 304 g/mol. The van der Waals surface area contributed by atoms with Crippen molar-refractivity contribution >= 4 is 11.3 Å². The fourth-order valence-corrected chi connectivity index (χ4v) is 3.42. The molecule has 2 heterocycles. The molecule has 1 N–H and O–H groups in total. The molecule has 0 radical (unpaired) electrons. The standard InChI is InChI=1S/C17H20O3S/c1-3-19-17-8-13-6-11(2)20-16(13)9-14(17)15(18)7-12-4-5-21-10-12/h4-5,8-11,15,18H,3,6-7H2,1-2H3. The Kier molecular flexibility index (Phi) is 4.17. The Bertz CT molecular complexity index is 607. The molecule has 3 nitrogen and oxygen atoms in total. The zero-order valence-electron chi connectivity index (χ0n) is 12.3. The van der Waals surface area contributed by atoms with Crippen molar-refractivity contribution in [2.75, 3.05) is 6.61 Å². The Morgan fingerprint density at radius 1 is 1.48 bits per heavy atom. The van der Waals surface area contributed by atoms with Crippen LogP contribution in [0.25, 0.3) is 0 Å². The van der Waals surface area contributed by atoms with E-state index in [1.165, 1.54) is 0 Å². The highest BCUT2D eigenvalue weighted by molar-refractivity contribution is 7.07. The van der Waals surface area contributed by atoms with Crippen LogP contribution >= 0.6 is 11.3 Å². The van der Waals surface area contributed by atoms with E-state index in [0.717, 1.165) is 34.6 Å². The molecule has 3 rings (SSSR count). The molecule has 1 aliphatic rings. The lowest BCUT2D eigenvalue weighted by Gasteiger charge is -2.17. The minimum Gasteiger partial charge on any atom is -0.493 e. The number of fused-ring (bicyclic) bond motifs is 1. The third kappa shape index (κ3) is 3.06. The quantitative estimate of drug-likeness (QED) is 0.914. The number of hydrogen-bond donors (Lipinski definition) is 1. The largest absolute Gasteiger partial charge is 0.493 e. The zero-order chi connectivity index (χ0) is 14.8. The van der Waals surface area contributed by atoms with Crippen LogP contribution in [0.15, 0.2) is 29.0 Å². The molecule has 1 aromatic heterocycles. The second-order valence-electron chi connectivity index (χ2n) is 5.41. The van der Waals surface area contributed by atoms with E-state index in [9.17, 15) is 5.11 Å². The maximum absolute atomic E-state index is 10.6. The first-order valence-electron chi connectivity index (χ1n) is 7.32. The van der Waals surface area contributed by atoms with Crippen LogP contribution in [-0.2, 0) is 12.8 Å². The lowest BCUT2D eigenvalue weighted by atomic mass is 9.99. The predicted octanol–water partition coefficient (Wildman–Crippen LogP) is 3.75. The van der Waals surface area contributed by atoms with Gasteiger partial charge >= 0.3 is 0 Å². The van der Waals surface area contributed by atoms with Gasteiger partial charge in [-0.15, -0.1) is 0 Å². The molecule has 0 bridgehead atoms.